The number of hydrogen-bond donors (Lipinski definition) is 1. The van der Waals surface area contributed by atoms with Crippen molar-refractivity contribution in [2.75, 3.05) is 27.2 Å². The lowest BCUT2D eigenvalue weighted by molar-refractivity contribution is -0.879. The van der Waals surface area contributed by atoms with Crippen LogP contribution in [0.1, 0.15) is 42.9 Å². The maximum atomic E-state index is 12.4. The van der Waals surface area contributed by atoms with Crippen molar-refractivity contribution in [2.24, 2.45) is 0 Å². The number of likely N-dealkylation sites (N-methyl/N-ethyl adjacent to an activating group) is 1. The highest BCUT2D eigenvalue weighted by Gasteiger charge is 2.35. The van der Waals surface area contributed by atoms with E-state index in [4.69, 9.17) is 4.74 Å². The lowest BCUT2D eigenvalue weighted by Crippen LogP contribution is -2.38. The molecule has 1 N–H and O–H groups in total. The summed E-state index contributed by atoms with van der Waals surface area (Å²) < 4.78 is 6.42. The molecule has 0 bridgehead atoms. The van der Waals surface area contributed by atoms with Gasteiger partial charge in [-0.15, -0.1) is 0 Å². The van der Waals surface area contributed by atoms with Crippen LogP contribution in [0.15, 0.2) is 30.3 Å². The fraction of sp³-hybridized carbons (Fsp3) is 0.526. The molecule has 23 heavy (non-hydrogen) atoms. The quantitative estimate of drug-likeness (QED) is 0.686. The van der Waals surface area contributed by atoms with Gasteiger partial charge in [0.1, 0.15) is 6.54 Å². The smallest absolute Gasteiger partial charge is 0.340 e. The SMILES string of the molecule is C[N+]1(C)CCC(OC(=O)C(O)c2ccccc2C2=CCCC2)C1. The molecule has 1 aliphatic heterocycles. The van der Waals surface area contributed by atoms with Gasteiger partial charge in [0.25, 0.3) is 0 Å². The monoisotopic (exact) mass is 316 g/mol. The number of allylic oxidation sites excluding steroid dienone is 2. The van der Waals surface area contributed by atoms with Crippen molar-refractivity contribution in [1.82, 2.24) is 0 Å². The van der Waals surface area contributed by atoms with Crippen LogP contribution in [-0.4, -0.2) is 48.8 Å². The number of quaternary nitrogens is 1. The van der Waals surface area contributed by atoms with E-state index in [-0.39, 0.29) is 6.10 Å². The first-order valence-electron chi connectivity index (χ1n) is 8.45. The molecule has 0 aromatic heterocycles. The number of carbonyl (C=O) groups excluding carboxylic acids is 1. The normalized spacial score (nSPS) is 24.3. The first kappa shape index (κ1) is 16.2. The van der Waals surface area contributed by atoms with E-state index in [1.54, 1.807) is 0 Å². The Bertz CT molecular complexity index is 621. The maximum Gasteiger partial charge on any atom is 0.340 e. The molecule has 0 amide bonds. The molecular formula is C19H26NO3+. The summed E-state index contributed by atoms with van der Waals surface area (Å²) in [5.74, 6) is -0.525. The number of likely N-dealkylation sites (tertiary alicyclic amines) is 1. The number of rotatable bonds is 4. The van der Waals surface area contributed by atoms with Gasteiger partial charge in [0, 0.05) is 6.42 Å². The van der Waals surface area contributed by atoms with Gasteiger partial charge in [-0.05, 0) is 36.0 Å². The van der Waals surface area contributed by atoms with Gasteiger partial charge < -0.3 is 14.3 Å². The maximum absolute atomic E-state index is 12.4. The second kappa shape index (κ2) is 6.46. The third-order valence-electron chi connectivity index (χ3n) is 4.90. The van der Waals surface area contributed by atoms with Gasteiger partial charge in [0.05, 0.1) is 20.6 Å². The van der Waals surface area contributed by atoms with Gasteiger partial charge >= 0.3 is 5.97 Å². The summed E-state index contributed by atoms with van der Waals surface area (Å²) in [6, 6.07) is 7.63. The minimum absolute atomic E-state index is 0.0926. The van der Waals surface area contributed by atoms with Crippen LogP contribution in [0.4, 0.5) is 0 Å². The molecule has 1 saturated heterocycles. The summed E-state index contributed by atoms with van der Waals surface area (Å²) in [5, 5.41) is 10.5. The molecule has 3 rings (SSSR count). The number of carbonyl (C=O) groups is 1. The zero-order valence-corrected chi connectivity index (χ0v) is 14.0. The number of benzene rings is 1. The molecule has 1 fully saturated rings. The molecule has 4 nitrogen and oxygen atoms in total. The minimum atomic E-state index is -1.20. The molecular weight excluding hydrogens is 290 g/mol. The van der Waals surface area contributed by atoms with Gasteiger partial charge in [-0.2, -0.15) is 0 Å². The fourth-order valence-corrected chi connectivity index (χ4v) is 3.62. The van der Waals surface area contributed by atoms with Crippen LogP contribution in [0, 0.1) is 0 Å². The van der Waals surface area contributed by atoms with Crippen molar-refractivity contribution < 1.29 is 19.1 Å². The Morgan fingerprint density at radius 1 is 1.35 bits per heavy atom. The standard InChI is InChI=1S/C19H26NO3/c1-20(2)12-11-15(13-20)23-19(22)18(21)17-10-6-5-9-16(17)14-7-3-4-8-14/h5-7,9-10,15,18,21H,3-4,8,11-13H2,1-2H3/q+1. The van der Waals surface area contributed by atoms with Crippen LogP contribution in [0.5, 0.6) is 0 Å². The van der Waals surface area contributed by atoms with Crippen molar-refractivity contribution in [2.45, 2.75) is 37.9 Å². The third-order valence-corrected chi connectivity index (χ3v) is 4.90. The van der Waals surface area contributed by atoms with Crippen molar-refractivity contribution in [1.29, 1.82) is 0 Å². The highest BCUT2D eigenvalue weighted by Crippen LogP contribution is 2.33. The Labute approximate surface area is 138 Å². The molecule has 0 radical (unpaired) electrons. The van der Waals surface area contributed by atoms with E-state index < -0.39 is 12.1 Å². The molecule has 124 valence electrons. The number of esters is 1. The molecule has 1 aliphatic carbocycles. The van der Waals surface area contributed by atoms with E-state index in [0.29, 0.717) is 5.56 Å². The Kier molecular flexibility index (Phi) is 4.55. The minimum Gasteiger partial charge on any atom is -0.454 e. The van der Waals surface area contributed by atoms with Crippen LogP contribution < -0.4 is 0 Å². The Morgan fingerprint density at radius 2 is 2.13 bits per heavy atom. The number of ether oxygens (including phenoxy) is 1. The molecule has 1 aromatic rings. The van der Waals surface area contributed by atoms with Crippen molar-refractivity contribution in [3.8, 4) is 0 Å². The van der Waals surface area contributed by atoms with E-state index in [9.17, 15) is 9.90 Å². The zero-order chi connectivity index (χ0) is 16.4. The van der Waals surface area contributed by atoms with Crippen molar-refractivity contribution >= 4 is 11.5 Å². The van der Waals surface area contributed by atoms with E-state index in [1.807, 2.05) is 24.3 Å². The van der Waals surface area contributed by atoms with Crippen LogP contribution in [0.3, 0.4) is 0 Å². The predicted octanol–water partition coefficient (Wildman–Crippen LogP) is 2.68. The Balaban J connectivity index is 1.73. The van der Waals surface area contributed by atoms with Crippen molar-refractivity contribution in [3.63, 3.8) is 0 Å². The fourth-order valence-electron chi connectivity index (χ4n) is 3.62. The van der Waals surface area contributed by atoms with Gasteiger partial charge in [0.2, 0.25) is 0 Å². The van der Waals surface area contributed by atoms with Gasteiger partial charge in [0.15, 0.2) is 12.2 Å². The van der Waals surface area contributed by atoms with Crippen LogP contribution in [-0.2, 0) is 9.53 Å². The number of aliphatic hydroxyl groups is 1. The molecule has 0 saturated carbocycles. The molecule has 2 atom stereocenters. The highest BCUT2D eigenvalue weighted by atomic mass is 16.6. The molecule has 1 aromatic carbocycles. The Morgan fingerprint density at radius 3 is 2.78 bits per heavy atom. The average molecular weight is 316 g/mol. The lowest BCUT2D eigenvalue weighted by atomic mass is 9.95. The van der Waals surface area contributed by atoms with Gasteiger partial charge in [-0.3, -0.25) is 0 Å². The largest absolute Gasteiger partial charge is 0.454 e. The predicted molar refractivity (Wildman–Crippen MR) is 89.6 cm³/mol. The Hall–Kier alpha value is -1.65. The third kappa shape index (κ3) is 3.65. The van der Waals surface area contributed by atoms with E-state index in [0.717, 1.165) is 48.8 Å². The summed E-state index contributed by atoms with van der Waals surface area (Å²) in [6.07, 6.45) is 4.98. The average Bonchev–Trinajstić information content (AvgIpc) is 3.16. The molecule has 0 spiro atoms. The number of nitrogens with zero attached hydrogens (tertiary/aromatic N) is 1. The summed E-state index contributed by atoms with van der Waals surface area (Å²) in [4.78, 5) is 12.4. The van der Waals surface area contributed by atoms with Crippen molar-refractivity contribution in [3.05, 3.63) is 41.5 Å². The topological polar surface area (TPSA) is 46.5 Å². The molecule has 2 aliphatic rings. The second-order valence-electron chi connectivity index (χ2n) is 7.30. The van der Waals surface area contributed by atoms with E-state index in [1.165, 1.54) is 5.57 Å². The van der Waals surface area contributed by atoms with E-state index >= 15 is 0 Å². The number of hydrogen-bond acceptors (Lipinski definition) is 3. The van der Waals surface area contributed by atoms with Crippen LogP contribution >= 0.6 is 0 Å². The highest BCUT2D eigenvalue weighted by molar-refractivity contribution is 5.80. The number of aliphatic hydroxyl groups excluding tert-OH is 1. The summed E-state index contributed by atoms with van der Waals surface area (Å²) in [7, 11) is 4.26. The second-order valence-corrected chi connectivity index (χ2v) is 7.30. The van der Waals surface area contributed by atoms with Crippen LogP contribution in [0.25, 0.3) is 5.57 Å². The lowest BCUT2D eigenvalue weighted by Gasteiger charge is -2.23. The first-order valence-corrected chi connectivity index (χ1v) is 8.45. The molecule has 1 heterocycles. The summed E-state index contributed by atoms with van der Waals surface area (Å²) in [6.45, 7) is 1.81. The van der Waals surface area contributed by atoms with Gasteiger partial charge in [-0.1, -0.05) is 30.3 Å². The molecule has 4 heteroatoms. The summed E-state index contributed by atoms with van der Waals surface area (Å²) in [5.41, 5.74) is 2.88. The zero-order valence-electron chi connectivity index (χ0n) is 14.0. The van der Waals surface area contributed by atoms with E-state index in [2.05, 4.69) is 20.2 Å². The molecule has 2 unspecified atom stereocenters. The summed E-state index contributed by atoms with van der Waals surface area (Å²) >= 11 is 0. The van der Waals surface area contributed by atoms with Gasteiger partial charge in [-0.25, -0.2) is 4.79 Å². The first-order chi connectivity index (χ1) is 11.0. The van der Waals surface area contributed by atoms with Crippen LogP contribution in [0.2, 0.25) is 0 Å².